The van der Waals surface area contributed by atoms with Crippen LogP contribution in [0.4, 0.5) is 0 Å². The zero-order valence-electron chi connectivity index (χ0n) is 13.5. The summed E-state index contributed by atoms with van der Waals surface area (Å²) in [6, 6.07) is 0. The van der Waals surface area contributed by atoms with Gasteiger partial charge in [0, 0.05) is 6.92 Å². The molecule has 0 saturated carbocycles. The van der Waals surface area contributed by atoms with Crippen LogP contribution in [-0.4, -0.2) is 44.9 Å². The fourth-order valence-electron chi connectivity index (χ4n) is 3.05. The third-order valence-electron chi connectivity index (χ3n) is 4.49. The molecule has 0 aromatic rings. The number of ether oxygens (including phenoxy) is 2. The molecule has 2 aliphatic rings. The molecule has 22 heavy (non-hydrogen) atoms. The molecule has 4 atom stereocenters. The molecular formula is C16H26O6. The van der Waals surface area contributed by atoms with Crippen molar-refractivity contribution in [3.63, 3.8) is 0 Å². The Morgan fingerprint density at radius 2 is 1.77 bits per heavy atom. The lowest BCUT2D eigenvalue weighted by molar-refractivity contribution is -0.197. The highest BCUT2D eigenvalue weighted by Gasteiger charge is 2.58. The summed E-state index contributed by atoms with van der Waals surface area (Å²) in [4.78, 5) is 11.8. The molecule has 126 valence electrons. The predicted molar refractivity (Wildman–Crippen MR) is 78.6 cm³/mol. The molecule has 6 nitrogen and oxygen atoms in total. The average molecular weight is 314 g/mol. The Morgan fingerprint density at radius 3 is 2.41 bits per heavy atom. The Balaban J connectivity index is 2.10. The van der Waals surface area contributed by atoms with Gasteiger partial charge in [0.05, 0.1) is 0 Å². The lowest BCUT2D eigenvalue weighted by atomic mass is 9.82. The van der Waals surface area contributed by atoms with Gasteiger partial charge >= 0.3 is 5.97 Å². The second-order valence-corrected chi connectivity index (χ2v) is 6.55. The molecule has 0 bridgehead atoms. The maximum atomic E-state index is 11.8. The smallest absolute Gasteiger partial charge is 0.343 e. The van der Waals surface area contributed by atoms with E-state index in [4.69, 9.17) is 9.47 Å². The lowest BCUT2D eigenvalue weighted by Gasteiger charge is -2.41. The summed E-state index contributed by atoms with van der Waals surface area (Å²) in [5, 5.41) is 31.0. The van der Waals surface area contributed by atoms with Crippen molar-refractivity contribution in [1.29, 1.82) is 0 Å². The van der Waals surface area contributed by atoms with Crippen LogP contribution in [0.1, 0.15) is 59.3 Å². The Kier molecular flexibility index (Phi) is 4.84. The Morgan fingerprint density at radius 1 is 1.14 bits per heavy atom. The first-order valence-electron chi connectivity index (χ1n) is 7.99. The summed E-state index contributed by atoms with van der Waals surface area (Å²) < 4.78 is 10.5. The number of carbonyl (C=O) groups excluding carboxylic acids is 1. The first kappa shape index (κ1) is 17.2. The quantitative estimate of drug-likeness (QED) is 0.506. The van der Waals surface area contributed by atoms with E-state index in [9.17, 15) is 20.1 Å². The van der Waals surface area contributed by atoms with Gasteiger partial charge in [-0.3, -0.25) is 0 Å². The molecule has 0 unspecified atom stereocenters. The number of aliphatic hydroxyl groups is 3. The number of hydrogen-bond acceptors (Lipinski definition) is 6. The Labute approximate surface area is 130 Å². The molecule has 3 N–H and O–H groups in total. The van der Waals surface area contributed by atoms with Crippen molar-refractivity contribution < 1.29 is 29.6 Å². The third kappa shape index (κ3) is 3.00. The molecule has 0 saturated heterocycles. The van der Waals surface area contributed by atoms with E-state index < -0.39 is 29.6 Å². The maximum Gasteiger partial charge on any atom is 0.343 e. The van der Waals surface area contributed by atoms with Crippen LogP contribution in [0.25, 0.3) is 0 Å². The summed E-state index contributed by atoms with van der Waals surface area (Å²) in [6.07, 6.45) is 3.69. The van der Waals surface area contributed by atoms with Crippen LogP contribution >= 0.6 is 0 Å². The topological polar surface area (TPSA) is 96.2 Å². The van der Waals surface area contributed by atoms with Crippen LogP contribution in [0.3, 0.4) is 0 Å². The molecule has 2 rings (SSSR count). The van der Waals surface area contributed by atoms with E-state index in [0.29, 0.717) is 6.42 Å². The summed E-state index contributed by atoms with van der Waals surface area (Å²) in [7, 11) is 0. The standard InChI is InChI=1S/C16H26O6/c1-4-5-6-7-8-9-10-15(2,19)12(17)11-13(21-10)16(3,20)22-14(11)18/h10,12,17,19-20H,4-9H2,1-3H3/t10-,12-,15-,16-/m1/s1. The molecule has 0 fully saturated rings. The van der Waals surface area contributed by atoms with Crippen molar-refractivity contribution in [3.8, 4) is 0 Å². The summed E-state index contributed by atoms with van der Waals surface area (Å²) in [5.41, 5.74) is -1.78. The summed E-state index contributed by atoms with van der Waals surface area (Å²) in [6.45, 7) is 4.87. The Hall–Kier alpha value is -1.11. The maximum absolute atomic E-state index is 11.8. The summed E-state index contributed by atoms with van der Waals surface area (Å²) in [5.74, 6) is -2.81. The molecule has 2 aliphatic heterocycles. The lowest BCUT2D eigenvalue weighted by Crippen LogP contribution is -2.55. The highest BCUT2D eigenvalue weighted by molar-refractivity contribution is 5.93. The second kappa shape index (κ2) is 6.18. The number of aliphatic hydroxyl groups excluding tert-OH is 1. The second-order valence-electron chi connectivity index (χ2n) is 6.55. The third-order valence-corrected chi connectivity index (χ3v) is 4.49. The van der Waals surface area contributed by atoms with E-state index in [1.54, 1.807) is 0 Å². The first-order valence-corrected chi connectivity index (χ1v) is 7.99. The van der Waals surface area contributed by atoms with Gasteiger partial charge in [-0.2, -0.15) is 0 Å². The van der Waals surface area contributed by atoms with E-state index in [1.807, 2.05) is 0 Å². The number of rotatable bonds is 6. The number of esters is 1. The number of hydrogen-bond donors (Lipinski definition) is 3. The summed E-state index contributed by atoms with van der Waals surface area (Å²) >= 11 is 0. The molecule has 0 radical (unpaired) electrons. The van der Waals surface area contributed by atoms with Gasteiger partial charge in [-0.15, -0.1) is 0 Å². The fraction of sp³-hybridized carbons (Fsp3) is 0.812. The molecule has 0 aromatic heterocycles. The molecule has 2 heterocycles. The number of carbonyl (C=O) groups is 1. The van der Waals surface area contributed by atoms with Crippen molar-refractivity contribution in [2.75, 3.05) is 0 Å². The van der Waals surface area contributed by atoms with Gasteiger partial charge in [0.15, 0.2) is 5.76 Å². The molecule has 0 aromatic carbocycles. The zero-order chi connectivity index (χ0) is 16.5. The number of unbranched alkanes of at least 4 members (excludes halogenated alkanes) is 4. The van der Waals surface area contributed by atoms with E-state index in [1.165, 1.54) is 13.8 Å². The van der Waals surface area contributed by atoms with E-state index in [0.717, 1.165) is 32.1 Å². The van der Waals surface area contributed by atoms with Crippen LogP contribution in [0.15, 0.2) is 11.3 Å². The van der Waals surface area contributed by atoms with Crippen LogP contribution < -0.4 is 0 Å². The van der Waals surface area contributed by atoms with E-state index in [-0.39, 0.29) is 11.3 Å². The molecule has 6 heteroatoms. The SMILES string of the molecule is CCCCCCC[C@H]1OC2=C(C(=O)O[C@@]2(C)O)[C@@H](O)[C@]1(C)O. The van der Waals surface area contributed by atoms with Gasteiger partial charge in [0.25, 0.3) is 5.79 Å². The van der Waals surface area contributed by atoms with Crippen molar-refractivity contribution in [1.82, 2.24) is 0 Å². The van der Waals surface area contributed by atoms with Gasteiger partial charge in [-0.05, 0) is 19.8 Å². The van der Waals surface area contributed by atoms with E-state index >= 15 is 0 Å². The minimum Gasteiger partial charge on any atom is -0.484 e. The highest BCUT2D eigenvalue weighted by Crippen LogP contribution is 2.43. The van der Waals surface area contributed by atoms with Gasteiger partial charge in [-0.1, -0.05) is 32.6 Å². The van der Waals surface area contributed by atoms with Gasteiger partial charge in [0.2, 0.25) is 0 Å². The van der Waals surface area contributed by atoms with Crippen molar-refractivity contribution >= 4 is 5.97 Å². The van der Waals surface area contributed by atoms with Gasteiger partial charge < -0.3 is 24.8 Å². The monoisotopic (exact) mass is 314 g/mol. The van der Waals surface area contributed by atoms with Crippen LogP contribution in [0.2, 0.25) is 0 Å². The molecule has 0 spiro atoms. The average Bonchev–Trinajstić information content (AvgIpc) is 2.64. The van der Waals surface area contributed by atoms with Crippen molar-refractivity contribution in [2.45, 2.75) is 82.9 Å². The number of cyclic esters (lactones) is 1. The first-order chi connectivity index (χ1) is 10.2. The minimum absolute atomic E-state index is 0.0740. The normalized spacial score (nSPS) is 37.8. The van der Waals surface area contributed by atoms with Crippen molar-refractivity contribution in [2.24, 2.45) is 0 Å². The molecular weight excluding hydrogens is 288 g/mol. The van der Waals surface area contributed by atoms with Gasteiger partial charge in [0.1, 0.15) is 23.4 Å². The Bertz CT molecular complexity index is 465. The van der Waals surface area contributed by atoms with Crippen LogP contribution in [-0.2, 0) is 14.3 Å². The molecule has 0 aliphatic carbocycles. The predicted octanol–water partition coefficient (Wildman–Crippen LogP) is 1.38. The van der Waals surface area contributed by atoms with Crippen molar-refractivity contribution in [3.05, 3.63) is 11.3 Å². The van der Waals surface area contributed by atoms with E-state index in [2.05, 4.69) is 6.92 Å². The highest BCUT2D eigenvalue weighted by atomic mass is 16.7. The molecule has 0 amide bonds. The zero-order valence-corrected chi connectivity index (χ0v) is 13.5. The van der Waals surface area contributed by atoms with Crippen LogP contribution in [0.5, 0.6) is 0 Å². The van der Waals surface area contributed by atoms with Gasteiger partial charge in [-0.25, -0.2) is 4.79 Å². The minimum atomic E-state index is -1.88. The van der Waals surface area contributed by atoms with Crippen LogP contribution in [0, 0.1) is 0 Å². The fourth-order valence-corrected chi connectivity index (χ4v) is 3.05. The largest absolute Gasteiger partial charge is 0.484 e.